The lowest BCUT2D eigenvalue weighted by Crippen LogP contribution is -2.38. The highest BCUT2D eigenvalue weighted by Gasteiger charge is 2.14. The van der Waals surface area contributed by atoms with E-state index in [9.17, 15) is 0 Å². The number of nitrogens with one attached hydrogen (secondary N) is 1. The number of hydrogen-bond donors (Lipinski definition) is 1. The van der Waals surface area contributed by atoms with E-state index in [0.29, 0.717) is 6.79 Å². The molecular formula is C20H26N4O2. The van der Waals surface area contributed by atoms with Gasteiger partial charge in [0.25, 0.3) is 0 Å². The summed E-state index contributed by atoms with van der Waals surface area (Å²) in [5, 5.41) is 3.35. The molecule has 0 saturated heterocycles. The lowest BCUT2D eigenvalue weighted by molar-refractivity contribution is 0.174. The third-order valence-corrected chi connectivity index (χ3v) is 4.19. The molecule has 1 aromatic heterocycles. The Bertz CT molecular complexity index is 759. The number of hydrogen-bond acceptors (Lipinski definition) is 4. The highest BCUT2D eigenvalue weighted by atomic mass is 16.7. The summed E-state index contributed by atoms with van der Waals surface area (Å²) < 4.78 is 10.8. The number of aromatic nitrogens is 1. The molecular weight excluding hydrogens is 328 g/mol. The van der Waals surface area contributed by atoms with Crippen molar-refractivity contribution in [2.75, 3.05) is 26.9 Å². The molecule has 0 unspecified atom stereocenters. The molecule has 0 spiro atoms. The summed E-state index contributed by atoms with van der Waals surface area (Å²) in [6, 6.07) is 10.2. The van der Waals surface area contributed by atoms with Crippen LogP contribution in [0.4, 0.5) is 0 Å². The number of rotatable bonds is 6. The molecule has 0 radical (unpaired) electrons. The fraction of sp³-hybridized carbons (Fsp3) is 0.400. The highest BCUT2D eigenvalue weighted by molar-refractivity contribution is 5.79. The lowest BCUT2D eigenvalue weighted by Gasteiger charge is -2.22. The summed E-state index contributed by atoms with van der Waals surface area (Å²) in [6.45, 7) is 6.67. The van der Waals surface area contributed by atoms with E-state index in [1.807, 2.05) is 38.4 Å². The third-order valence-electron chi connectivity index (χ3n) is 4.19. The zero-order valence-electron chi connectivity index (χ0n) is 15.7. The van der Waals surface area contributed by atoms with Crippen molar-refractivity contribution in [3.05, 3.63) is 53.3 Å². The molecule has 6 heteroatoms. The number of pyridine rings is 1. The van der Waals surface area contributed by atoms with Gasteiger partial charge in [-0.05, 0) is 49.6 Å². The normalized spacial score (nSPS) is 13.0. The van der Waals surface area contributed by atoms with Gasteiger partial charge >= 0.3 is 0 Å². The standard InChI is InChI=1S/C20H26N4O2/c1-4-21-20(22-10-9-16-6-5-15(2)23-12-16)24(3)13-17-7-8-18-19(11-17)26-14-25-18/h5-8,11-12H,4,9-10,13-14H2,1-3H3,(H,21,22). The Balaban J connectivity index is 1.61. The van der Waals surface area contributed by atoms with Crippen LogP contribution in [0.5, 0.6) is 11.5 Å². The van der Waals surface area contributed by atoms with Crippen LogP contribution in [-0.2, 0) is 13.0 Å². The Morgan fingerprint density at radius 1 is 1.19 bits per heavy atom. The molecule has 6 nitrogen and oxygen atoms in total. The Kier molecular flexibility index (Phi) is 5.94. The molecule has 138 valence electrons. The van der Waals surface area contributed by atoms with Crippen LogP contribution in [0, 0.1) is 6.92 Å². The largest absolute Gasteiger partial charge is 0.454 e. The second kappa shape index (κ2) is 8.56. The van der Waals surface area contributed by atoms with Gasteiger partial charge in [-0.25, -0.2) is 0 Å². The fourth-order valence-corrected chi connectivity index (χ4v) is 2.79. The summed E-state index contributed by atoms with van der Waals surface area (Å²) in [5.74, 6) is 2.51. The average Bonchev–Trinajstić information content (AvgIpc) is 3.10. The molecule has 0 fully saturated rings. The van der Waals surface area contributed by atoms with E-state index in [2.05, 4.69) is 34.3 Å². The van der Waals surface area contributed by atoms with Crippen molar-refractivity contribution in [2.24, 2.45) is 4.99 Å². The molecule has 0 amide bonds. The van der Waals surface area contributed by atoms with Gasteiger partial charge in [0.05, 0.1) is 0 Å². The van der Waals surface area contributed by atoms with Crippen LogP contribution in [-0.4, -0.2) is 42.8 Å². The van der Waals surface area contributed by atoms with Crippen LogP contribution in [0.15, 0.2) is 41.5 Å². The number of fused-ring (bicyclic) bond motifs is 1. The highest BCUT2D eigenvalue weighted by Crippen LogP contribution is 2.32. The lowest BCUT2D eigenvalue weighted by atomic mass is 10.2. The van der Waals surface area contributed by atoms with Gasteiger partial charge in [0, 0.05) is 38.6 Å². The summed E-state index contributed by atoms with van der Waals surface area (Å²) >= 11 is 0. The van der Waals surface area contributed by atoms with Crippen LogP contribution in [0.1, 0.15) is 23.7 Å². The van der Waals surface area contributed by atoms with E-state index in [1.165, 1.54) is 5.56 Å². The maximum absolute atomic E-state index is 5.46. The van der Waals surface area contributed by atoms with Gasteiger partial charge in [0.2, 0.25) is 6.79 Å². The zero-order valence-corrected chi connectivity index (χ0v) is 15.7. The van der Waals surface area contributed by atoms with Crippen molar-refractivity contribution in [3.8, 4) is 11.5 Å². The smallest absolute Gasteiger partial charge is 0.231 e. The van der Waals surface area contributed by atoms with Crippen LogP contribution < -0.4 is 14.8 Å². The topological polar surface area (TPSA) is 59.0 Å². The molecule has 0 atom stereocenters. The molecule has 1 aromatic carbocycles. The summed E-state index contributed by atoms with van der Waals surface area (Å²) in [4.78, 5) is 11.2. The van der Waals surface area contributed by atoms with Crippen LogP contribution >= 0.6 is 0 Å². The van der Waals surface area contributed by atoms with Gasteiger partial charge in [-0.15, -0.1) is 0 Å². The van der Waals surface area contributed by atoms with E-state index in [-0.39, 0.29) is 0 Å². The molecule has 1 aliphatic heterocycles. The van der Waals surface area contributed by atoms with Crippen molar-refractivity contribution in [1.82, 2.24) is 15.2 Å². The van der Waals surface area contributed by atoms with Gasteiger partial charge in [-0.2, -0.15) is 0 Å². The average molecular weight is 354 g/mol. The number of ether oxygens (including phenoxy) is 2. The first kappa shape index (κ1) is 18.0. The first-order valence-corrected chi connectivity index (χ1v) is 8.95. The van der Waals surface area contributed by atoms with Gasteiger partial charge in [0.1, 0.15) is 0 Å². The van der Waals surface area contributed by atoms with Crippen molar-refractivity contribution in [3.63, 3.8) is 0 Å². The molecule has 0 bridgehead atoms. The molecule has 0 saturated carbocycles. The minimum absolute atomic E-state index is 0.298. The monoisotopic (exact) mass is 354 g/mol. The molecule has 26 heavy (non-hydrogen) atoms. The Morgan fingerprint density at radius 3 is 2.77 bits per heavy atom. The Morgan fingerprint density at radius 2 is 2.00 bits per heavy atom. The zero-order chi connectivity index (χ0) is 18.4. The number of aliphatic imine (C=N–C) groups is 1. The first-order valence-electron chi connectivity index (χ1n) is 8.95. The Labute approximate surface area is 154 Å². The summed E-state index contributed by atoms with van der Waals surface area (Å²) in [5.41, 5.74) is 3.40. The van der Waals surface area contributed by atoms with Gasteiger partial charge in [0.15, 0.2) is 17.5 Å². The quantitative estimate of drug-likeness (QED) is 0.638. The molecule has 2 aromatic rings. The van der Waals surface area contributed by atoms with Crippen LogP contribution in [0.3, 0.4) is 0 Å². The van der Waals surface area contributed by atoms with E-state index in [4.69, 9.17) is 14.5 Å². The van der Waals surface area contributed by atoms with Crippen molar-refractivity contribution < 1.29 is 9.47 Å². The molecule has 1 N–H and O–H groups in total. The maximum atomic E-state index is 5.46. The molecule has 2 heterocycles. The summed E-state index contributed by atoms with van der Waals surface area (Å²) in [7, 11) is 2.04. The van der Waals surface area contributed by atoms with Crippen LogP contribution in [0.25, 0.3) is 0 Å². The summed E-state index contributed by atoms with van der Waals surface area (Å²) in [6.07, 6.45) is 2.80. The first-order chi connectivity index (χ1) is 12.7. The SMILES string of the molecule is CCNC(=NCCc1ccc(C)nc1)N(C)Cc1ccc2c(c1)OCO2. The molecule has 3 rings (SSSR count). The number of nitrogens with zero attached hydrogens (tertiary/aromatic N) is 3. The molecule has 1 aliphatic rings. The van der Waals surface area contributed by atoms with E-state index >= 15 is 0 Å². The second-order valence-corrected chi connectivity index (χ2v) is 6.34. The number of guanidine groups is 1. The predicted octanol–water partition coefficient (Wildman–Crippen LogP) is 2.76. The van der Waals surface area contributed by atoms with E-state index in [0.717, 1.165) is 54.8 Å². The minimum Gasteiger partial charge on any atom is -0.454 e. The number of aryl methyl sites for hydroxylation is 1. The van der Waals surface area contributed by atoms with Crippen molar-refractivity contribution in [1.29, 1.82) is 0 Å². The fourth-order valence-electron chi connectivity index (χ4n) is 2.79. The van der Waals surface area contributed by atoms with Crippen molar-refractivity contribution >= 4 is 5.96 Å². The van der Waals surface area contributed by atoms with E-state index in [1.54, 1.807) is 0 Å². The van der Waals surface area contributed by atoms with E-state index < -0.39 is 0 Å². The van der Waals surface area contributed by atoms with Gasteiger partial charge in [-0.3, -0.25) is 9.98 Å². The Hall–Kier alpha value is -2.76. The second-order valence-electron chi connectivity index (χ2n) is 6.34. The molecule has 0 aliphatic carbocycles. The van der Waals surface area contributed by atoms with Gasteiger partial charge < -0.3 is 19.7 Å². The maximum Gasteiger partial charge on any atom is 0.231 e. The minimum atomic E-state index is 0.298. The third kappa shape index (κ3) is 4.65. The number of benzene rings is 1. The predicted molar refractivity (Wildman–Crippen MR) is 103 cm³/mol. The van der Waals surface area contributed by atoms with Crippen LogP contribution in [0.2, 0.25) is 0 Å². The van der Waals surface area contributed by atoms with Crippen molar-refractivity contribution in [2.45, 2.75) is 26.8 Å². The van der Waals surface area contributed by atoms with Gasteiger partial charge in [-0.1, -0.05) is 12.1 Å².